The molecule has 0 aromatic carbocycles. The van der Waals surface area contributed by atoms with Crippen molar-refractivity contribution in [2.24, 2.45) is 5.92 Å². The van der Waals surface area contributed by atoms with E-state index in [2.05, 4.69) is 10.2 Å². The van der Waals surface area contributed by atoms with Gasteiger partial charge in [0.25, 0.3) is 5.91 Å². The molecule has 1 amide bonds. The van der Waals surface area contributed by atoms with Crippen molar-refractivity contribution >= 4 is 11.6 Å². The van der Waals surface area contributed by atoms with E-state index >= 15 is 0 Å². The second-order valence-electron chi connectivity index (χ2n) is 6.70. The second-order valence-corrected chi connectivity index (χ2v) is 6.70. The van der Waals surface area contributed by atoms with Crippen molar-refractivity contribution in [3.63, 3.8) is 0 Å². The maximum absolute atomic E-state index is 12.8. The number of carbonyl (C=O) groups excluding carboxylic acids is 1. The third-order valence-corrected chi connectivity index (χ3v) is 4.92. The molecule has 4 heterocycles. The summed E-state index contributed by atoms with van der Waals surface area (Å²) in [6, 6.07) is 9.32. The van der Waals surface area contributed by atoms with Crippen molar-refractivity contribution < 1.29 is 9.21 Å². The Kier molecular flexibility index (Phi) is 4.17. The highest BCUT2D eigenvalue weighted by Crippen LogP contribution is 2.24. The summed E-state index contributed by atoms with van der Waals surface area (Å²) in [5.41, 5.74) is 1.32. The number of nitrogens with zero attached hydrogens (tertiary/aromatic N) is 5. The number of likely N-dealkylation sites (tertiary alicyclic amines) is 1. The van der Waals surface area contributed by atoms with Crippen molar-refractivity contribution in [2.75, 3.05) is 13.1 Å². The lowest BCUT2D eigenvalue weighted by Crippen LogP contribution is -2.40. The number of piperidine rings is 1. The first-order valence-electron chi connectivity index (χ1n) is 8.74. The molecule has 0 aliphatic carbocycles. The third-order valence-electron chi connectivity index (χ3n) is 4.92. The molecule has 0 bridgehead atoms. The topological polar surface area (TPSA) is 87.4 Å². The number of hydrogen-bond donors (Lipinski definition) is 0. The molecule has 7 heteroatoms. The molecule has 1 fully saturated rings. The minimum absolute atomic E-state index is 0.0662. The van der Waals surface area contributed by atoms with E-state index in [-0.39, 0.29) is 11.7 Å². The number of hydrogen-bond acceptors (Lipinski definition) is 5. The van der Waals surface area contributed by atoms with Crippen molar-refractivity contribution in [1.29, 1.82) is 5.26 Å². The summed E-state index contributed by atoms with van der Waals surface area (Å²) in [5, 5.41) is 17.5. The molecule has 0 spiro atoms. The number of rotatable bonds is 3. The van der Waals surface area contributed by atoms with Gasteiger partial charge in [0.2, 0.25) is 5.76 Å². The van der Waals surface area contributed by atoms with Crippen molar-refractivity contribution in [2.45, 2.75) is 26.2 Å². The van der Waals surface area contributed by atoms with Gasteiger partial charge < -0.3 is 9.32 Å². The number of pyridine rings is 1. The Hall–Kier alpha value is -3.14. The smallest absolute Gasteiger partial charge is 0.257 e. The van der Waals surface area contributed by atoms with Crippen LogP contribution in [0, 0.1) is 24.2 Å². The number of amides is 1. The summed E-state index contributed by atoms with van der Waals surface area (Å²) >= 11 is 0. The first-order chi connectivity index (χ1) is 12.7. The Morgan fingerprint density at radius 1 is 1.42 bits per heavy atom. The fourth-order valence-corrected chi connectivity index (χ4v) is 3.62. The van der Waals surface area contributed by atoms with Gasteiger partial charge in [-0.1, -0.05) is 6.07 Å². The summed E-state index contributed by atoms with van der Waals surface area (Å²) in [4.78, 5) is 14.7. The fraction of sp³-hybridized carbons (Fsp3) is 0.368. The zero-order valence-electron chi connectivity index (χ0n) is 14.6. The van der Waals surface area contributed by atoms with E-state index in [0.717, 1.165) is 37.3 Å². The number of aromatic nitrogens is 3. The predicted octanol–water partition coefficient (Wildman–Crippen LogP) is 2.60. The van der Waals surface area contributed by atoms with Gasteiger partial charge in [0.1, 0.15) is 17.7 Å². The van der Waals surface area contributed by atoms with E-state index in [1.807, 2.05) is 39.8 Å². The molecule has 3 aromatic rings. The zero-order valence-corrected chi connectivity index (χ0v) is 14.6. The van der Waals surface area contributed by atoms with Crippen LogP contribution in [0.5, 0.6) is 0 Å². The molecule has 1 aliphatic heterocycles. The van der Waals surface area contributed by atoms with Gasteiger partial charge in [0.15, 0.2) is 5.65 Å². The summed E-state index contributed by atoms with van der Waals surface area (Å²) in [6.07, 6.45) is 4.76. The number of furan rings is 1. The minimum atomic E-state index is -0.0662. The van der Waals surface area contributed by atoms with Gasteiger partial charge in [-0.05, 0) is 37.8 Å². The van der Waals surface area contributed by atoms with Crippen LogP contribution in [0.3, 0.4) is 0 Å². The first-order valence-corrected chi connectivity index (χ1v) is 8.74. The summed E-state index contributed by atoms with van der Waals surface area (Å²) < 4.78 is 7.31. The molecule has 0 saturated carbocycles. The van der Waals surface area contributed by atoms with Crippen LogP contribution in [0.1, 0.15) is 40.5 Å². The lowest BCUT2D eigenvalue weighted by atomic mass is 9.94. The van der Waals surface area contributed by atoms with Crippen LogP contribution in [-0.2, 0) is 6.42 Å². The van der Waals surface area contributed by atoms with Crippen molar-refractivity contribution in [1.82, 2.24) is 19.5 Å². The lowest BCUT2D eigenvalue weighted by molar-refractivity contribution is 0.0670. The summed E-state index contributed by atoms with van der Waals surface area (Å²) in [6.45, 7) is 3.12. The van der Waals surface area contributed by atoms with Gasteiger partial charge in [-0.3, -0.25) is 9.20 Å². The maximum atomic E-state index is 12.8. The Bertz CT molecular complexity index is 997. The van der Waals surface area contributed by atoms with Gasteiger partial charge in [-0.2, -0.15) is 5.26 Å². The Morgan fingerprint density at radius 2 is 2.31 bits per heavy atom. The highest BCUT2D eigenvalue weighted by molar-refractivity contribution is 5.95. The lowest BCUT2D eigenvalue weighted by Gasteiger charge is -2.32. The molecule has 3 aromatic heterocycles. The number of fused-ring (bicyclic) bond motifs is 1. The first kappa shape index (κ1) is 16.3. The van der Waals surface area contributed by atoms with Gasteiger partial charge in [-0.15, -0.1) is 10.2 Å². The van der Waals surface area contributed by atoms with Crippen LogP contribution < -0.4 is 0 Å². The van der Waals surface area contributed by atoms with Gasteiger partial charge in [0, 0.05) is 31.8 Å². The molecule has 132 valence electrons. The predicted molar refractivity (Wildman–Crippen MR) is 93.5 cm³/mol. The average Bonchev–Trinajstić information content (AvgIpc) is 3.25. The summed E-state index contributed by atoms with van der Waals surface area (Å²) in [5.74, 6) is 1.86. The molecule has 1 atom stereocenters. The van der Waals surface area contributed by atoms with Crippen LogP contribution in [0.15, 0.2) is 34.9 Å². The number of carbonyl (C=O) groups is 1. The van der Waals surface area contributed by atoms with E-state index in [0.29, 0.717) is 23.8 Å². The van der Waals surface area contributed by atoms with Crippen LogP contribution in [0.25, 0.3) is 5.65 Å². The average molecular weight is 349 g/mol. The van der Waals surface area contributed by atoms with E-state index in [1.54, 1.807) is 6.92 Å². The Morgan fingerprint density at radius 3 is 3.12 bits per heavy atom. The molecule has 4 rings (SSSR count). The molecule has 0 radical (unpaired) electrons. The van der Waals surface area contributed by atoms with Gasteiger partial charge in [-0.25, -0.2) is 0 Å². The van der Waals surface area contributed by atoms with E-state index in [4.69, 9.17) is 9.68 Å². The largest absolute Gasteiger partial charge is 0.450 e. The normalized spacial score (nSPS) is 17.4. The van der Waals surface area contributed by atoms with Crippen LogP contribution in [0.4, 0.5) is 0 Å². The van der Waals surface area contributed by atoms with E-state index < -0.39 is 0 Å². The fourth-order valence-electron chi connectivity index (χ4n) is 3.62. The molecule has 7 nitrogen and oxygen atoms in total. The summed E-state index contributed by atoms with van der Waals surface area (Å²) in [7, 11) is 0. The van der Waals surface area contributed by atoms with Gasteiger partial charge >= 0.3 is 0 Å². The third kappa shape index (κ3) is 2.94. The molecular weight excluding hydrogens is 330 g/mol. The quantitative estimate of drug-likeness (QED) is 0.725. The maximum Gasteiger partial charge on any atom is 0.257 e. The molecule has 1 aliphatic rings. The highest BCUT2D eigenvalue weighted by atomic mass is 16.3. The SMILES string of the molecule is Cc1oc(C#N)cc1C(=O)N1CCCC(Cc2nnc3ccccn23)C1. The zero-order chi connectivity index (χ0) is 18.1. The van der Waals surface area contributed by atoms with E-state index in [9.17, 15) is 4.79 Å². The number of aryl methyl sites for hydroxylation is 1. The number of nitriles is 1. The monoisotopic (exact) mass is 349 g/mol. The standard InChI is InChI=1S/C19H19N5O2/c1-13-16(10-15(11-20)26-13)19(25)23-7-4-5-14(12-23)9-18-22-21-17-6-2-3-8-24(17)18/h2-3,6,8,10,14H,4-5,7,9,12H2,1H3. The molecule has 1 saturated heterocycles. The van der Waals surface area contributed by atoms with Gasteiger partial charge in [0.05, 0.1) is 5.56 Å². The molecule has 26 heavy (non-hydrogen) atoms. The second kappa shape index (κ2) is 6.64. The minimum Gasteiger partial charge on any atom is -0.450 e. The Balaban J connectivity index is 1.49. The van der Waals surface area contributed by atoms with Crippen LogP contribution in [-0.4, -0.2) is 38.5 Å². The van der Waals surface area contributed by atoms with Crippen molar-refractivity contribution in [3.05, 3.63) is 53.4 Å². The highest BCUT2D eigenvalue weighted by Gasteiger charge is 2.28. The van der Waals surface area contributed by atoms with Crippen molar-refractivity contribution in [3.8, 4) is 6.07 Å². The molecular formula is C19H19N5O2. The van der Waals surface area contributed by atoms with E-state index in [1.165, 1.54) is 6.07 Å². The van der Waals surface area contributed by atoms with Crippen LogP contribution >= 0.6 is 0 Å². The molecule has 0 N–H and O–H groups in total. The molecule has 1 unspecified atom stereocenters. The van der Waals surface area contributed by atoms with Crippen LogP contribution in [0.2, 0.25) is 0 Å². The Labute approximate surface area is 150 Å².